The van der Waals surface area contributed by atoms with Crippen molar-refractivity contribution in [1.29, 1.82) is 0 Å². The van der Waals surface area contributed by atoms with Gasteiger partial charge in [0.15, 0.2) is 0 Å². The first-order chi connectivity index (χ1) is 10.1. The fraction of sp³-hybridized carbons (Fsp3) is 0. The minimum absolute atomic E-state index is 0.377. The Labute approximate surface area is 130 Å². The van der Waals surface area contributed by atoms with Gasteiger partial charge in [0.05, 0.1) is 28.1 Å². The molecule has 0 fully saturated rings. The highest BCUT2D eigenvalue weighted by atomic mass is 35.5. The van der Waals surface area contributed by atoms with Gasteiger partial charge in [0.2, 0.25) is 0 Å². The molecule has 21 heavy (non-hydrogen) atoms. The number of aromatic nitrogens is 2. The van der Waals surface area contributed by atoms with E-state index in [4.69, 9.17) is 23.2 Å². The predicted octanol–water partition coefficient (Wildman–Crippen LogP) is 4.51. The smallest absolute Gasteiger partial charge is 0.323 e. The molecule has 2 aromatic carbocycles. The van der Waals surface area contributed by atoms with E-state index >= 15 is 0 Å². The molecule has 1 aromatic heterocycles. The largest absolute Gasteiger partial charge is 0.345 e. The summed E-state index contributed by atoms with van der Waals surface area (Å²) in [7, 11) is 0. The topological polar surface area (TPSA) is 69.8 Å². The molecule has 2 amide bonds. The summed E-state index contributed by atoms with van der Waals surface area (Å²) >= 11 is 11.8. The predicted molar refractivity (Wildman–Crippen MR) is 85.2 cm³/mol. The molecule has 0 spiro atoms. The van der Waals surface area contributed by atoms with Crippen LogP contribution in [0.15, 0.2) is 42.7 Å². The van der Waals surface area contributed by atoms with Crippen molar-refractivity contribution in [2.24, 2.45) is 0 Å². The van der Waals surface area contributed by atoms with Gasteiger partial charge >= 0.3 is 6.03 Å². The van der Waals surface area contributed by atoms with Crippen molar-refractivity contribution in [3.05, 3.63) is 52.8 Å². The molecular weight excluding hydrogens is 311 g/mol. The van der Waals surface area contributed by atoms with Gasteiger partial charge < -0.3 is 15.6 Å². The zero-order valence-corrected chi connectivity index (χ0v) is 12.2. The minimum Gasteiger partial charge on any atom is -0.345 e. The molecule has 0 unspecified atom stereocenters. The third-order valence-electron chi connectivity index (χ3n) is 2.86. The van der Waals surface area contributed by atoms with Gasteiger partial charge in [-0.25, -0.2) is 9.78 Å². The molecule has 0 saturated carbocycles. The van der Waals surface area contributed by atoms with Crippen LogP contribution >= 0.6 is 23.2 Å². The van der Waals surface area contributed by atoms with E-state index in [1.54, 1.807) is 36.7 Å². The highest BCUT2D eigenvalue weighted by Gasteiger charge is 2.07. The number of hydrogen-bond acceptors (Lipinski definition) is 2. The van der Waals surface area contributed by atoms with Gasteiger partial charge in [-0.3, -0.25) is 0 Å². The molecule has 106 valence electrons. The second-order valence-corrected chi connectivity index (χ2v) is 5.18. The van der Waals surface area contributed by atoms with Crippen molar-refractivity contribution in [1.82, 2.24) is 9.97 Å². The lowest BCUT2D eigenvalue weighted by Crippen LogP contribution is -2.19. The molecule has 7 heteroatoms. The Morgan fingerprint density at radius 1 is 1.10 bits per heavy atom. The number of H-pyrrole nitrogens is 1. The fourth-order valence-corrected chi connectivity index (χ4v) is 2.34. The highest BCUT2D eigenvalue weighted by Crippen LogP contribution is 2.25. The SMILES string of the molecule is O=C(Nc1ccc2nc[nH]c2c1)Nc1ccc(Cl)cc1Cl. The lowest BCUT2D eigenvalue weighted by atomic mass is 10.3. The zero-order valence-electron chi connectivity index (χ0n) is 10.7. The highest BCUT2D eigenvalue weighted by molar-refractivity contribution is 6.36. The van der Waals surface area contributed by atoms with Crippen LogP contribution in [0.2, 0.25) is 10.0 Å². The van der Waals surface area contributed by atoms with Crippen LogP contribution in [0.25, 0.3) is 11.0 Å². The summed E-state index contributed by atoms with van der Waals surface area (Å²) in [6.45, 7) is 0. The number of nitrogens with zero attached hydrogens (tertiary/aromatic N) is 1. The Morgan fingerprint density at radius 2 is 1.95 bits per heavy atom. The molecule has 0 saturated heterocycles. The molecule has 0 atom stereocenters. The zero-order chi connectivity index (χ0) is 14.8. The lowest BCUT2D eigenvalue weighted by molar-refractivity contribution is 0.262. The Bertz CT molecular complexity index is 816. The van der Waals surface area contributed by atoms with Crippen molar-refractivity contribution in [2.45, 2.75) is 0 Å². The first-order valence-electron chi connectivity index (χ1n) is 6.08. The van der Waals surface area contributed by atoms with Crippen LogP contribution in [0.3, 0.4) is 0 Å². The number of hydrogen-bond donors (Lipinski definition) is 3. The third-order valence-corrected chi connectivity index (χ3v) is 3.41. The average molecular weight is 321 g/mol. The van der Waals surface area contributed by atoms with Crippen molar-refractivity contribution in [3.63, 3.8) is 0 Å². The van der Waals surface area contributed by atoms with E-state index < -0.39 is 6.03 Å². The normalized spacial score (nSPS) is 10.6. The van der Waals surface area contributed by atoms with Crippen molar-refractivity contribution in [3.8, 4) is 0 Å². The average Bonchev–Trinajstić information content (AvgIpc) is 2.89. The number of aromatic amines is 1. The molecule has 3 aromatic rings. The number of rotatable bonds is 2. The van der Waals surface area contributed by atoms with E-state index in [-0.39, 0.29) is 0 Å². The first-order valence-corrected chi connectivity index (χ1v) is 6.83. The van der Waals surface area contributed by atoms with Gasteiger partial charge in [-0.1, -0.05) is 23.2 Å². The number of anilines is 2. The van der Waals surface area contributed by atoms with Gasteiger partial charge in [-0.2, -0.15) is 0 Å². The lowest BCUT2D eigenvalue weighted by Gasteiger charge is -2.09. The van der Waals surface area contributed by atoms with Gasteiger partial charge in [-0.15, -0.1) is 0 Å². The number of benzene rings is 2. The maximum Gasteiger partial charge on any atom is 0.323 e. The summed E-state index contributed by atoms with van der Waals surface area (Å²) in [5.74, 6) is 0. The second kappa shape index (κ2) is 5.63. The van der Waals surface area contributed by atoms with Gasteiger partial charge in [-0.05, 0) is 36.4 Å². The first kappa shape index (κ1) is 13.7. The van der Waals surface area contributed by atoms with E-state index in [0.717, 1.165) is 11.0 Å². The van der Waals surface area contributed by atoms with Crippen LogP contribution in [0.1, 0.15) is 0 Å². The third kappa shape index (κ3) is 3.09. The summed E-state index contributed by atoms with van der Waals surface area (Å²) < 4.78 is 0. The molecule has 5 nitrogen and oxygen atoms in total. The molecule has 0 aliphatic heterocycles. The summed E-state index contributed by atoms with van der Waals surface area (Å²) in [6, 6.07) is 9.85. The number of halogens is 2. The summed E-state index contributed by atoms with van der Waals surface area (Å²) in [6.07, 6.45) is 1.60. The summed E-state index contributed by atoms with van der Waals surface area (Å²) in [4.78, 5) is 19.0. The van der Waals surface area contributed by atoms with E-state index in [0.29, 0.717) is 21.4 Å². The van der Waals surface area contributed by atoms with Crippen LogP contribution in [0, 0.1) is 0 Å². The van der Waals surface area contributed by atoms with Gasteiger partial charge in [0.1, 0.15) is 0 Å². The van der Waals surface area contributed by atoms with Crippen LogP contribution in [-0.4, -0.2) is 16.0 Å². The number of nitrogens with one attached hydrogen (secondary N) is 3. The van der Waals surface area contributed by atoms with Crippen molar-refractivity contribution < 1.29 is 4.79 Å². The molecule has 1 heterocycles. The molecule has 3 N–H and O–H groups in total. The van der Waals surface area contributed by atoms with E-state index in [1.165, 1.54) is 0 Å². The standard InChI is InChI=1S/C14H10Cl2N4O/c15-8-1-3-11(10(16)5-8)20-14(21)19-9-2-4-12-13(6-9)18-7-17-12/h1-7H,(H,17,18)(H2,19,20,21). The number of imidazole rings is 1. The van der Waals surface area contributed by atoms with Crippen LogP contribution < -0.4 is 10.6 Å². The van der Waals surface area contributed by atoms with E-state index in [2.05, 4.69) is 20.6 Å². The van der Waals surface area contributed by atoms with Gasteiger partial charge in [0.25, 0.3) is 0 Å². The number of fused-ring (bicyclic) bond motifs is 1. The van der Waals surface area contributed by atoms with Crippen molar-refractivity contribution >= 4 is 51.6 Å². The molecule has 0 bridgehead atoms. The molecular formula is C14H10Cl2N4O. The number of carbonyl (C=O) groups is 1. The van der Waals surface area contributed by atoms with Crippen LogP contribution in [0.4, 0.5) is 16.2 Å². The maximum atomic E-state index is 12.0. The number of carbonyl (C=O) groups excluding carboxylic acids is 1. The van der Waals surface area contributed by atoms with Crippen LogP contribution in [-0.2, 0) is 0 Å². The summed E-state index contributed by atoms with van der Waals surface area (Å²) in [5.41, 5.74) is 2.81. The number of urea groups is 1. The maximum absolute atomic E-state index is 12.0. The van der Waals surface area contributed by atoms with E-state index in [9.17, 15) is 4.79 Å². The van der Waals surface area contributed by atoms with Gasteiger partial charge in [0, 0.05) is 10.7 Å². The number of amides is 2. The molecule has 3 rings (SSSR count). The quantitative estimate of drug-likeness (QED) is 0.650. The van der Waals surface area contributed by atoms with Crippen molar-refractivity contribution in [2.75, 3.05) is 10.6 Å². The second-order valence-electron chi connectivity index (χ2n) is 4.34. The molecule has 0 aliphatic rings. The Balaban J connectivity index is 1.73. The molecule has 0 radical (unpaired) electrons. The Kier molecular flexibility index (Phi) is 3.68. The minimum atomic E-state index is -0.391. The summed E-state index contributed by atoms with van der Waals surface area (Å²) in [5, 5.41) is 6.27. The molecule has 0 aliphatic carbocycles. The van der Waals surface area contributed by atoms with Crippen LogP contribution in [0.5, 0.6) is 0 Å². The fourth-order valence-electron chi connectivity index (χ4n) is 1.89. The Morgan fingerprint density at radius 3 is 2.76 bits per heavy atom. The Hall–Kier alpha value is -2.24. The van der Waals surface area contributed by atoms with E-state index in [1.807, 2.05) is 6.07 Å². The monoisotopic (exact) mass is 320 g/mol.